The smallest absolute Gasteiger partial charge is 0.113 e. The van der Waals surface area contributed by atoms with E-state index in [0.29, 0.717) is 10.9 Å². The minimum Gasteiger partial charge on any atom is -0.396 e. The van der Waals surface area contributed by atoms with Crippen LogP contribution in [0, 0.1) is 0 Å². The topological polar surface area (TPSA) is 45.1 Å². The van der Waals surface area contributed by atoms with Crippen molar-refractivity contribution in [3.63, 3.8) is 0 Å². The second kappa shape index (κ2) is 5.07. The Morgan fingerprint density at radius 2 is 2.36 bits per heavy atom. The molecule has 0 spiro atoms. The normalized spacial score (nSPS) is 12.0. The van der Waals surface area contributed by atoms with E-state index in [4.69, 9.17) is 16.7 Å². The van der Waals surface area contributed by atoms with Gasteiger partial charge < -0.3 is 10.4 Å². The molecule has 1 aromatic heterocycles. The van der Waals surface area contributed by atoms with Crippen molar-refractivity contribution in [3.05, 3.63) is 15.5 Å². The minimum atomic E-state index is -0.0626. The fourth-order valence-corrected chi connectivity index (χ4v) is 1.95. The summed E-state index contributed by atoms with van der Waals surface area (Å²) in [6.45, 7) is 5.00. The summed E-state index contributed by atoms with van der Waals surface area (Å²) in [5, 5.41) is 13.1. The van der Waals surface area contributed by atoms with E-state index in [2.05, 4.69) is 24.1 Å². The number of hydrogen-bond donors (Lipinski definition) is 2. The van der Waals surface area contributed by atoms with Gasteiger partial charge in [-0.1, -0.05) is 11.6 Å². The van der Waals surface area contributed by atoms with Gasteiger partial charge in [0.15, 0.2) is 0 Å². The lowest BCUT2D eigenvalue weighted by molar-refractivity contribution is 0.230. The van der Waals surface area contributed by atoms with E-state index < -0.39 is 0 Å². The molecule has 0 aromatic carbocycles. The van der Waals surface area contributed by atoms with Gasteiger partial charge in [-0.3, -0.25) is 0 Å². The van der Waals surface area contributed by atoms with Crippen LogP contribution in [0.5, 0.6) is 0 Å². The second-order valence-corrected chi connectivity index (χ2v) is 5.52. The van der Waals surface area contributed by atoms with Gasteiger partial charge in [-0.2, -0.15) is 0 Å². The number of aliphatic hydroxyl groups excluding tert-OH is 1. The van der Waals surface area contributed by atoms with E-state index in [0.717, 1.165) is 11.4 Å². The summed E-state index contributed by atoms with van der Waals surface area (Å²) in [6.07, 6.45) is 2.38. The third kappa shape index (κ3) is 3.92. The number of thiazole rings is 1. The van der Waals surface area contributed by atoms with Gasteiger partial charge in [-0.15, -0.1) is 11.3 Å². The molecular formula is C9H15ClN2OS. The molecular weight excluding hydrogens is 220 g/mol. The predicted octanol–water partition coefficient (Wildman–Crippen LogP) is 2.05. The van der Waals surface area contributed by atoms with Gasteiger partial charge in [0, 0.05) is 18.7 Å². The highest BCUT2D eigenvalue weighted by Crippen LogP contribution is 2.19. The van der Waals surface area contributed by atoms with E-state index in [-0.39, 0.29) is 12.1 Å². The maximum absolute atomic E-state index is 8.83. The fraction of sp³-hybridized carbons (Fsp3) is 0.667. The van der Waals surface area contributed by atoms with Crippen LogP contribution in [0.4, 0.5) is 0 Å². The molecule has 0 fully saturated rings. The van der Waals surface area contributed by atoms with Crippen LogP contribution in [-0.2, 0) is 6.54 Å². The molecule has 0 amide bonds. The molecule has 0 aliphatic heterocycles. The number of aromatic nitrogens is 1. The monoisotopic (exact) mass is 234 g/mol. The maximum atomic E-state index is 8.83. The Labute approximate surface area is 93.1 Å². The Bertz CT molecular complexity index is 288. The van der Waals surface area contributed by atoms with E-state index in [1.165, 1.54) is 11.3 Å². The lowest BCUT2D eigenvalue weighted by atomic mass is 10.0. The molecule has 0 radical (unpaired) electrons. The highest BCUT2D eigenvalue weighted by Gasteiger charge is 2.16. The SMILES string of the molecule is CC(C)(CCO)NCc1ncc(Cl)s1. The molecule has 0 aliphatic rings. The molecule has 14 heavy (non-hydrogen) atoms. The Hall–Kier alpha value is -0.160. The van der Waals surface area contributed by atoms with Crippen LogP contribution < -0.4 is 5.32 Å². The quantitative estimate of drug-likeness (QED) is 0.820. The summed E-state index contributed by atoms with van der Waals surface area (Å²) < 4.78 is 0.710. The van der Waals surface area contributed by atoms with Gasteiger partial charge in [0.2, 0.25) is 0 Å². The van der Waals surface area contributed by atoms with E-state index >= 15 is 0 Å². The molecule has 1 aromatic rings. The highest BCUT2D eigenvalue weighted by atomic mass is 35.5. The van der Waals surface area contributed by atoms with Crippen molar-refractivity contribution < 1.29 is 5.11 Å². The number of rotatable bonds is 5. The molecule has 1 rings (SSSR count). The molecule has 1 heterocycles. The van der Waals surface area contributed by atoms with Crippen molar-refractivity contribution in [2.45, 2.75) is 32.4 Å². The van der Waals surface area contributed by atoms with Crippen molar-refractivity contribution in [2.24, 2.45) is 0 Å². The summed E-state index contributed by atoms with van der Waals surface area (Å²) in [4.78, 5) is 4.14. The van der Waals surface area contributed by atoms with Crippen LogP contribution >= 0.6 is 22.9 Å². The predicted molar refractivity (Wildman–Crippen MR) is 59.7 cm³/mol. The van der Waals surface area contributed by atoms with Crippen molar-refractivity contribution >= 4 is 22.9 Å². The molecule has 2 N–H and O–H groups in total. The number of nitrogens with one attached hydrogen (secondary N) is 1. The van der Waals surface area contributed by atoms with Crippen molar-refractivity contribution in [1.82, 2.24) is 10.3 Å². The van der Waals surface area contributed by atoms with Gasteiger partial charge in [0.25, 0.3) is 0 Å². The van der Waals surface area contributed by atoms with Gasteiger partial charge in [-0.05, 0) is 20.3 Å². The molecule has 0 aliphatic carbocycles. The van der Waals surface area contributed by atoms with E-state index in [1.807, 2.05) is 0 Å². The number of halogens is 1. The van der Waals surface area contributed by atoms with Crippen molar-refractivity contribution in [3.8, 4) is 0 Å². The Kier molecular flexibility index (Phi) is 4.31. The first kappa shape index (κ1) is 11.9. The van der Waals surface area contributed by atoms with Gasteiger partial charge >= 0.3 is 0 Å². The molecule has 0 atom stereocenters. The highest BCUT2D eigenvalue weighted by molar-refractivity contribution is 7.15. The number of aliphatic hydroxyl groups is 1. The largest absolute Gasteiger partial charge is 0.396 e. The minimum absolute atomic E-state index is 0.0626. The van der Waals surface area contributed by atoms with Crippen LogP contribution in [0.3, 0.4) is 0 Å². The average molecular weight is 235 g/mol. The fourth-order valence-electron chi connectivity index (χ4n) is 1.05. The zero-order chi connectivity index (χ0) is 10.6. The summed E-state index contributed by atoms with van der Waals surface area (Å²) in [6, 6.07) is 0. The first-order valence-corrected chi connectivity index (χ1v) is 5.69. The zero-order valence-corrected chi connectivity index (χ0v) is 9.95. The van der Waals surface area contributed by atoms with Crippen LogP contribution in [-0.4, -0.2) is 22.2 Å². The summed E-state index contributed by atoms with van der Waals surface area (Å²) >= 11 is 7.24. The van der Waals surface area contributed by atoms with Gasteiger partial charge in [0.05, 0.1) is 6.20 Å². The Morgan fingerprint density at radius 3 is 2.86 bits per heavy atom. The van der Waals surface area contributed by atoms with Crippen LogP contribution in [0.15, 0.2) is 6.20 Å². The van der Waals surface area contributed by atoms with Gasteiger partial charge in [-0.25, -0.2) is 4.98 Å². The van der Waals surface area contributed by atoms with Crippen molar-refractivity contribution in [2.75, 3.05) is 6.61 Å². The first-order chi connectivity index (χ1) is 6.53. The molecule has 0 saturated carbocycles. The Morgan fingerprint density at radius 1 is 1.64 bits per heavy atom. The summed E-state index contributed by atoms with van der Waals surface area (Å²) in [5.41, 5.74) is -0.0626. The van der Waals surface area contributed by atoms with Crippen LogP contribution in [0.2, 0.25) is 4.34 Å². The van der Waals surface area contributed by atoms with E-state index in [9.17, 15) is 0 Å². The van der Waals surface area contributed by atoms with E-state index in [1.54, 1.807) is 6.20 Å². The molecule has 0 unspecified atom stereocenters. The second-order valence-electron chi connectivity index (χ2n) is 3.77. The zero-order valence-electron chi connectivity index (χ0n) is 8.38. The molecule has 3 nitrogen and oxygen atoms in total. The molecule has 5 heteroatoms. The maximum Gasteiger partial charge on any atom is 0.113 e. The molecule has 0 saturated heterocycles. The summed E-state index contributed by atoms with van der Waals surface area (Å²) in [7, 11) is 0. The lowest BCUT2D eigenvalue weighted by Gasteiger charge is -2.24. The average Bonchev–Trinajstić information content (AvgIpc) is 2.48. The van der Waals surface area contributed by atoms with Gasteiger partial charge in [0.1, 0.15) is 9.34 Å². The van der Waals surface area contributed by atoms with Crippen LogP contribution in [0.1, 0.15) is 25.3 Å². The third-order valence-corrected chi connectivity index (χ3v) is 3.10. The molecule has 0 bridgehead atoms. The standard InChI is InChI=1S/C9H15ClN2OS/c1-9(2,3-4-13)12-6-8-11-5-7(10)14-8/h5,12-13H,3-4,6H2,1-2H3. The lowest BCUT2D eigenvalue weighted by Crippen LogP contribution is -2.39. The Balaban J connectivity index is 2.40. The summed E-state index contributed by atoms with van der Waals surface area (Å²) in [5.74, 6) is 0. The first-order valence-electron chi connectivity index (χ1n) is 4.49. The third-order valence-electron chi connectivity index (χ3n) is 1.98. The number of nitrogens with zero attached hydrogens (tertiary/aromatic N) is 1. The number of hydrogen-bond acceptors (Lipinski definition) is 4. The van der Waals surface area contributed by atoms with Crippen LogP contribution in [0.25, 0.3) is 0 Å². The van der Waals surface area contributed by atoms with Crippen molar-refractivity contribution in [1.29, 1.82) is 0 Å². The molecule has 80 valence electrons.